The van der Waals surface area contributed by atoms with E-state index in [1.54, 1.807) is 6.20 Å². The van der Waals surface area contributed by atoms with E-state index in [4.69, 9.17) is 0 Å². The third kappa shape index (κ3) is 7.39. The molecule has 176 valence electrons. The monoisotopic (exact) mass is 448 g/mol. The van der Waals surface area contributed by atoms with Gasteiger partial charge in [0.25, 0.3) is 0 Å². The van der Waals surface area contributed by atoms with Gasteiger partial charge >= 0.3 is 0 Å². The highest BCUT2D eigenvalue weighted by Crippen LogP contribution is 2.29. The molecule has 1 aliphatic heterocycles. The predicted octanol–water partition coefficient (Wildman–Crippen LogP) is 3.64. The maximum atomic E-state index is 12.6. The molecule has 1 aromatic heterocycles. The van der Waals surface area contributed by atoms with E-state index in [0.717, 1.165) is 44.6 Å². The summed E-state index contributed by atoms with van der Waals surface area (Å²) in [6.07, 6.45) is 9.17. The molecule has 0 unspecified atom stereocenters. The van der Waals surface area contributed by atoms with E-state index in [-0.39, 0.29) is 23.9 Å². The second-order valence-electron chi connectivity index (χ2n) is 9.50. The molecule has 2 fully saturated rings. The zero-order chi connectivity index (χ0) is 22.9. The highest BCUT2D eigenvalue weighted by molar-refractivity contribution is 5.78. The van der Waals surface area contributed by atoms with Crippen molar-refractivity contribution in [2.75, 3.05) is 19.6 Å². The van der Waals surface area contributed by atoms with Gasteiger partial charge in [-0.25, -0.2) is 0 Å². The smallest absolute Gasteiger partial charge is 0.226 e. The number of aromatic nitrogens is 1. The molecule has 2 N–H and O–H groups in total. The first-order valence-electron chi connectivity index (χ1n) is 12.4. The maximum absolute atomic E-state index is 12.6. The highest BCUT2D eigenvalue weighted by Gasteiger charge is 2.24. The first-order chi connectivity index (χ1) is 16.2. The number of hydrogen-bond acceptors (Lipinski definition) is 4. The van der Waals surface area contributed by atoms with Crippen LogP contribution in [0, 0.1) is 5.92 Å². The fraction of sp³-hybridized carbons (Fsp3) is 0.519. The van der Waals surface area contributed by atoms with E-state index in [9.17, 15) is 9.59 Å². The molecule has 1 aromatic carbocycles. The van der Waals surface area contributed by atoms with Gasteiger partial charge in [-0.15, -0.1) is 0 Å². The molecule has 0 radical (unpaired) electrons. The van der Waals surface area contributed by atoms with Crippen LogP contribution in [-0.2, 0) is 16.0 Å². The van der Waals surface area contributed by atoms with Crippen molar-refractivity contribution in [2.24, 2.45) is 5.92 Å². The van der Waals surface area contributed by atoms with Gasteiger partial charge in [0.2, 0.25) is 11.8 Å². The number of hydrogen-bond donors (Lipinski definition) is 2. The SMILES string of the molecule is O=C(Cc1ccccn1)NC1CCN(CC[C@H](NC(=O)CC2CCC2)c2ccccc2)CC1. The van der Waals surface area contributed by atoms with E-state index in [1.165, 1.54) is 24.8 Å². The predicted molar refractivity (Wildman–Crippen MR) is 129 cm³/mol. The summed E-state index contributed by atoms with van der Waals surface area (Å²) in [5.41, 5.74) is 1.98. The summed E-state index contributed by atoms with van der Waals surface area (Å²) in [5, 5.41) is 6.47. The lowest BCUT2D eigenvalue weighted by Gasteiger charge is -2.33. The maximum Gasteiger partial charge on any atom is 0.226 e. The summed E-state index contributed by atoms with van der Waals surface area (Å²) in [7, 11) is 0. The van der Waals surface area contributed by atoms with Crippen LogP contribution in [0.5, 0.6) is 0 Å². The Balaban J connectivity index is 1.21. The second-order valence-corrected chi connectivity index (χ2v) is 9.50. The highest BCUT2D eigenvalue weighted by atomic mass is 16.2. The van der Waals surface area contributed by atoms with Gasteiger partial charge in [0.15, 0.2) is 0 Å². The minimum Gasteiger partial charge on any atom is -0.353 e. The molecule has 2 heterocycles. The number of pyridine rings is 1. The Bertz CT molecular complexity index is 878. The molecule has 2 aromatic rings. The number of nitrogens with zero attached hydrogens (tertiary/aromatic N) is 2. The second kappa shape index (κ2) is 11.9. The van der Waals surface area contributed by atoms with Crippen LogP contribution >= 0.6 is 0 Å². The van der Waals surface area contributed by atoms with E-state index < -0.39 is 0 Å². The number of piperidine rings is 1. The standard InChI is InChI=1S/C27H36N4O2/c32-26(19-21-7-6-8-21)30-25(22-9-2-1-3-10-22)14-18-31-16-12-23(13-17-31)29-27(33)20-24-11-4-5-15-28-24/h1-5,9-11,15,21,23,25H,6-8,12-14,16-20H2,(H,29,33)(H,30,32)/t25-/m0/s1. The zero-order valence-electron chi connectivity index (χ0n) is 19.4. The van der Waals surface area contributed by atoms with Gasteiger partial charge in [-0.1, -0.05) is 42.8 Å². The molecule has 0 spiro atoms. The number of rotatable bonds is 10. The van der Waals surface area contributed by atoms with Crippen LogP contribution < -0.4 is 10.6 Å². The van der Waals surface area contributed by atoms with Crippen molar-refractivity contribution in [3.63, 3.8) is 0 Å². The number of likely N-dealkylation sites (tertiary alicyclic amines) is 1. The first-order valence-corrected chi connectivity index (χ1v) is 12.4. The lowest BCUT2D eigenvalue weighted by Crippen LogP contribution is -2.45. The van der Waals surface area contributed by atoms with Crippen molar-refractivity contribution in [1.82, 2.24) is 20.5 Å². The summed E-state index contributed by atoms with van der Waals surface area (Å²) in [6, 6.07) is 16.2. The van der Waals surface area contributed by atoms with Gasteiger partial charge in [-0.3, -0.25) is 14.6 Å². The van der Waals surface area contributed by atoms with Crippen LogP contribution in [-0.4, -0.2) is 47.4 Å². The van der Waals surface area contributed by atoms with Crippen LogP contribution in [0.1, 0.15) is 62.2 Å². The molecule has 1 saturated heterocycles. The van der Waals surface area contributed by atoms with E-state index >= 15 is 0 Å². The molecule has 6 nitrogen and oxygen atoms in total. The molecular formula is C27H36N4O2. The first kappa shape index (κ1) is 23.4. The average Bonchev–Trinajstić information content (AvgIpc) is 2.81. The quantitative estimate of drug-likeness (QED) is 0.582. The van der Waals surface area contributed by atoms with E-state index in [1.807, 2.05) is 36.4 Å². The zero-order valence-corrected chi connectivity index (χ0v) is 19.4. The van der Waals surface area contributed by atoms with Crippen LogP contribution in [0.4, 0.5) is 0 Å². The topological polar surface area (TPSA) is 74.3 Å². The number of carbonyl (C=O) groups excluding carboxylic acids is 2. The van der Waals surface area contributed by atoms with Crippen LogP contribution in [0.25, 0.3) is 0 Å². The molecule has 4 rings (SSSR count). The Morgan fingerprint density at radius 2 is 1.73 bits per heavy atom. The lowest BCUT2D eigenvalue weighted by atomic mass is 9.83. The summed E-state index contributed by atoms with van der Waals surface area (Å²) >= 11 is 0. The van der Waals surface area contributed by atoms with E-state index in [2.05, 4.69) is 32.7 Å². The van der Waals surface area contributed by atoms with Gasteiger partial charge in [-0.05, 0) is 55.7 Å². The molecule has 1 atom stereocenters. The van der Waals surface area contributed by atoms with Crippen molar-refractivity contribution in [2.45, 2.75) is 63.5 Å². The Labute approximate surface area is 197 Å². The minimum atomic E-state index is 0.0467. The third-order valence-corrected chi connectivity index (χ3v) is 6.99. The van der Waals surface area contributed by atoms with Gasteiger partial charge in [0.05, 0.1) is 12.5 Å². The minimum absolute atomic E-state index is 0.0467. The fourth-order valence-electron chi connectivity index (χ4n) is 4.78. The lowest BCUT2D eigenvalue weighted by molar-refractivity contribution is -0.123. The Morgan fingerprint density at radius 3 is 2.39 bits per heavy atom. The van der Waals surface area contributed by atoms with Crippen LogP contribution in [0.3, 0.4) is 0 Å². The van der Waals surface area contributed by atoms with Crippen LogP contribution in [0.15, 0.2) is 54.7 Å². The van der Waals surface area contributed by atoms with Gasteiger partial charge in [0.1, 0.15) is 0 Å². The summed E-state index contributed by atoms with van der Waals surface area (Å²) < 4.78 is 0. The van der Waals surface area contributed by atoms with Gasteiger partial charge in [-0.2, -0.15) is 0 Å². The molecule has 2 amide bonds. The number of nitrogens with one attached hydrogen (secondary N) is 2. The van der Waals surface area contributed by atoms with E-state index in [0.29, 0.717) is 18.8 Å². The summed E-state index contributed by atoms with van der Waals surface area (Å²) in [6.45, 7) is 2.87. The molecule has 1 aliphatic carbocycles. The number of benzene rings is 1. The molecule has 33 heavy (non-hydrogen) atoms. The van der Waals surface area contributed by atoms with Crippen molar-refractivity contribution < 1.29 is 9.59 Å². The molecule has 2 aliphatic rings. The van der Waals surface area contributed by atoms with Crippen molar-refractivity contribution in [1.29, 1.82) is 0 Å². The van der Waals surface area contributed by atoms with Gasteiger partial charge < -0.3 is 15.5 Å². The van der Waals surface area contributed by atoms with Crippen molar-refractivity contribution in [3.05, 3.63) is 66.0 Å². The number of carbonyl (C=O) groups is 2. The Morgan fingerprint density at radius 1 is 0.970 bits per heavy atom. The summed E-state index contributed by atoms with van der Waals surface area (Å²) in [4.78, 5) is 31.6. The van der Waals surface area contributed by atoms with Crippen molar-refractivity contribution >= 4 is 11.8 Å². The Hall–Kier alpha value is -2.73. The average molecular weight is 449 g/mol. The summed E-state index contributed by atoms with van der Waals surface area (Å²) in [5.74, 6) is 0.807. The molecular weight excluding hydrogens is 412 g/mol. The largest absolute Gasteiger partial charge is 0.353 e. The fourth-order valence-corrected chi connectivity index (χ4v) is 4.78. The number of amides is 2. The molecule has 1 saturated carbocycles. The van der Waals surface area contributed by atoms with Crippen LogP contribution in [0.2, 0.25) is 0 Å². The van der Waals surface area contributed by atoms with Gasteiger partial charge in [0, 0.05) is 44.0 Å². The molecule has 6 heteroatoms. The van der Waals surface area contributed by atoms with Crippen molar-refractivity contribution in [3.8, 4) is 0 Å². The Kier molecular flexibility index (Phi) is 8.47. The third-order valence-electron chi connectivity index (χ3n) is 6.99. The molecule has 0 bridgehead atoms. The normalized spacial score (nSPS) is 18.3.